The third-order valence-electron chi connectivity index (χ3n) is 5.11. The van der Waals surface area contributed by atoms with Gasteiger partial charge in [0.15, 0.2) is 5.49 Å². The highest BCUT2D eigenvalue weighted by Crippen LogP contribution is 2.14. The second-order valence-electron chi connectivity index (χ2n) is 7.51. The minimum Gasteiger partial charge on any atom is -0.504 e. The van der Waals surface area contributed by atoms with Gasteiger partial charge in [-0.3, -0.25) is 14.0 Å². The van der Waals surface area contributed by atoms with Crippen LogP contribution in [0, 0.1) is 6.92 Å². The van der Waals surface area contributed by atoms with Gasteiger partial charge in [0.05, 0.1) is 25.4 Å². The molecule has 10 heteroatoms. The molecule has 0 N–H and O–H groups in total. The van der Waals surface area contributed by atoms with E-state index in [1.54, 1.807) is 30.9 Å². The fourth-order valence-corrected chi connectivity index (χ4v) is 3.55. The molecular formula is C25H28N4O6. The number of esters is 1. The Morgan fingerprint density at radius 1 is 1.20 bits per heavy atom. The third kappa shape index (κ3) is 5.72. The van der Waals surface area contributed by atoms with E-state index < -0.39 is 11.9 Å². The first kappa shape index (κ1) is 25.6. The number of nitrogens with zero attached hydrogens (tertiary/aromatic N) is 4. The van der Waals surface area contributed by atoms with Crippen LogP contribution in [0.1, 0.15) is 29.3 Å². The van der Waals surface area contributed by atoms with Crippen molar-refractivity contribution in [2.24, 2.45) is 4.99 Å². The summed E-state index contributed by atoms with van der Waals surface area (Å²) in [5, 5.41) is 0.207. The molecule has 10 nitrogen and oxygen atoms in total. The average Bonchev–Trinajstić information content (AvgIpc) is 2.84. The smallest absolute Gasteiger partial charge is 0.341 e. The number of allylic oxidation sites excluding steroid dienone is 2. The fraction of sp³-hybridized carbons (Fsp3) is 0.320. The maximum atomic E-state index is 13.4. The van der Waals surface area contributed by atoms with Crippen LogP contribution in [0.25, 0.3) is 16.7 Å². The van der Waals surface area contributed by atoms with Gasteiger partial charge in [0.2, 0.25) is 0 Å². The van der Waals surface area contributed by atoms with E-state index in [-0.39, 0.29) is 28.6 Å². The zero-order valence-electron chi connectivity index (χ0n) is 20.2. The van der Waals surface area contributed by atoms with Crippen molar-refractivity contribution >= 4 is 28.6 Å². The summed E-state index contributed by atoms with van der Waals surface area (Å²) in [6.07, 6.45) is 7.79. The summed E-state index contributed by atoms with van der Waals surface area (Å²) in [5.41, 5.74) is 1.29. The molecule has 35 heavy (non-hydrogen) atoms. The van der Waals surface area contributed by atoms with Gasteiger partial charge in [0, 0.05) is 32.5 Å². The number of methoxy groups -OCH3 is 2. The number of carbonyl (C=O) groups is 2. The average molecular weight is 481 g/mol. The van der Waals surface area contributed by atoms with Crippen molar-refractivity contribution in [3.05, 3.63) is 75.9 Å². The highest BCUT2D eigenvalue weighted by Gasteiger charge is 2.20. The van der Waals surface area contributed by atoms with Gasteiger partial charge >= 0.3 is 5.97 Å². The molecule has 0 unspecified atom stereocenters. The number of ether oxygens (including phenoxy) is 3. The number of aromatic nitrogens is 3. The molecule has 0 aliphatic heterocycles. The molecule has 184 valence electrons. The van der Waals surface area contributed by atoms with Gasteiger partial charge in [-0.1, -0.05) is 12.1 Å². The molecule has 0 atom stereocenters. The molecule has 3 aromatic rings. The number of aryl methyl sites for hydroxylation is 2. The predicted molar refractivity (Wildman–Crippen MR) is 130 cm³/mol. The zero-order chi connectivity index (χ0) is 25.4. The minimum atomic E-state index is -0.696. The van der Waals surface area contributed by atoms with Crippen molar-refractivity contribution in [3.63, 3.8) is 0 Å². The van der Waals surface area contributed by atoms with Crippen molar-refractivity contribution in [1.82, 2.24) is 14.0 Å². The topological polar surface area (TPSA) is 113 Å². The normalized spacial score (nSPS) is 12.3. The van der Waals surface area contributed by atoms with Crippen LogP contribution in [0.15, 0.2) is 58.7 Å². The summed E-state index contributed by atoms with van der Waals surface area (Å²) in [6, 6.07) is 5.00. The number of pyridine rings is 2. The van der Waals surface area contributed by atoms with E-state index in [1.807, 2.05) is 13.0 Å². The Labute approximate surface area is 201 Å². The van der Waals surface area contributed by atoms with E-state index in [4.69, 9.17) is 19.2 Å². The second kappa shape index (κ2) is 11.9. The summed E-state index contributed by atoms with van der Waals surface area (Å²) in [4.78, 5) is 47.9. The molecule has 0 radical (unpaired) electrons. The lowest BCUT2D eigenvalue weighted by Crippen LogP contribution is -2.33. The lowest BCUT2D eigenvalue weighted by molar-refractivity contribution is -0.113. The summed E-state index contributed by atoms with van der Waals surface area (Å²) in [7, 11) is 3.06. The summed E-state index contributed by atoms with van der Waals surface area (Å²) < 4.78 is 18.2. The van der Waals surface area contributed by atoms with E-state index in [2.05, 4.69) is 4.99 Å². The Bertz CT molecular complexity index is 1430. The van der Waals surface area contributed by atoms with Crippen molar-refractivity contribution in [2.45, 2.75) is 26.8 Å². The number of hydrogen-bond donors (Lipinski definition) is 0. The van der Waals surface area contributed by atoms with E-state index in [9.17, 15) is 14.4 Å². The van der Waals surface area contributed by atoms with Crippen LogP contribution >= 0.6 is 0 Å². The Hall–Kier alpha value is -4.05. The largest absolute Gasteiger partial charge is 0.504 e. The standard InChI is InChI=1S/C25H28N4O6/c1-5-35-25(32)19-16-18-22(27-21-17(2)10-8-12-29(21)24(18)31)28(13-9-15-34-4)23(19)26-20(30)11-6-7-14-33-3/h6-8,10-12,14,16H,5,9,13,15H2,1-4H3. The van der Waals surface area contributed by atoms with Crippen molar-refractivity contribution < 1.29 is 23.8 Å². The number of hydrogen-bond acceptors (Lipinski definition) is 7. The molecule has 0 bridgehead atoms. The van der Waals surface area contributed by atoms with Crippen molar-refractivity contribution in [1.29, 1.82) is 0 Å². The van der Waals surface area contributed by atoms with E-state index in [1.165, 1.54) is 42.1 Å². The van der Waals surface area contributed by atoms with Crippen LogP contribution < -0.4 is 11.0 Å². The van der Waals surface area contributed by atoms with Gasteiger partial charge in [0.1, 0.15) is 16.9 Å². The lowest BCUT2D eigenvalue weighted by atomic mass is 10.2. The summed E-state index contributed by atoms with van der Waals surface area (Å²) >= 11 is 0. The SMILES string of the molecule is CCOC(=O)c1cc2c(=O)n3cccc(C)c3nc2n(CCCOC)c1=NC(=O)C=CC=COC. The van der Waals surface area contributed by atoms with Gasteiger partial charge in [0.25, 0.3) is 11.5 Å². The van der Waals surface area contributed by atoms with E-state index in [0.717, 1.165) is 5.56 Å². The highest BCUT2D eigenvalue weighted by atomic mass is 16.5. The highest BCUT2D eigenvalue weighted by molar-refractivity contribution is 5.94. The maximum Gasteiger partial charge on any atom is 0.341 e. The van der Waals surface area contributed by atoms with Crippen LogP contribution in [-0.2, 0) is 25.5 Å². The molecule has 0 aliphatic carbocycles. The summed E-state index contributed by atoms with van der Waals surface area (Å²) in [6.45, 7) is 4.35. The molecule has 0 spiro atoms. The molecular weight excluding hydrogens is 452 g/mol. The molecule has 0 saturated heterocycles. The fourth-order valence-electron chi connectivity index (χ4n) is 3.55. The number of amides is 1. The predicted octanol–water partition coefficient (Wildman–Crippen LogP) is 2.31. The van der Waals surface area contributed by atoms with E-state index in [0.29, 0.717) is 30.9 Å². The zero-order valence-corrected chi connectivity index (χ0v) is 20.2. The van der Waals surface area contributed by atoms with E-state index >= 15 is 0 Å². The van der Waals surface area contributed by atoms with Crippen LogP contribution in [0.3, 0.4) is 0 Å². The van der Waals surface area contributed by atoms with Crippen molar-refractivity contribution in [2.75, 3.05) is 27.4 Å². The van der Waals surface area contributed by atoms with Crippen LogP contribution in [0.4, 0.5) is 0 Å². The monoisotopic (exact) mass is 480 g/mol. The molecule has 3 rings (SSSR count). The number of fused-ring (bicyclic) bond motifs is 2. The first-order valence-electron chi connectivity index (χ1n) is 11.1. The minimum absolute atomic E-state index is 0.00236. The van der Waals surface area contributed by atoms with Crippen LogP contribution in [-0.4, -0.2) is 53.3 Å². The second-order valence-corrected chi connectivity index (χ2v) is 7.51. The lowest BCUT2D eigenvalue weighted by Gasteiger charge is -2.15. The van der Waals surface area contributed by atoms with Gasteiger partial charge in [-0.2, -0.15) is 4.99 Å². The van der Waals surface area contributed by atoms with Gasteiger partial charge in [-0.25, -0.2) is 9.78 Å². The summed E-state index contributed by atoms with van der Waals surface area (Å²) in [5.74, 6) is -1.30. The van der Waals surface area contributed by atoms with Crippen molar-refractivity contribution in [3.8, 4) is 0 Å². The molecule has 1 amide bonds. The third-order valence-corrected chi connectivity index (χ3v) is 5.11. The molecule has 3 heterocycles. The van der Waals surface area contributed by atoms with Crippen LogP contribution in [0.2, 0.25) is 0 Å². The quantitative estimate of drug-likeness (QED) is 0.115. The maximum absolute atomic E-state index is 13.4. The first-order chi connectivity index (χ1) is 16.9. The number of rotatable bonds is 9. The van der Waals surface area contributed by atoms with Gasteiger partial charge < -0.3 is 18.8 Å². The Kier molecular flexibility index (Phi) is 8.69. The first-order valence-corrected chi connectivity index (χ1v) is 11.1. The molecule has 0 fully saturated rings. The Morgan fingerprint density at radius 2 is 2.00 bits per heavy atom. The van der Waals surface area contributed by atoms with Crippen LogP contribution in [0.5, 0.6) is 0 Å². The molecule has 0 saturated carbocycles. The van der Waals surface area contributed by atoms with Gasteiger partial charge in [-0.05, 0) is 44.0 Å². The van der Waals surface area contributed by atoms with Gasteiger partial charge in [-0.15, -0.1) is 0 Å². The Balaban J connectivity index is 2.41. The molecule has 0 aliphatic rings. The number of carbonyl (C=O) groups excluding carboxylic acids is 2. The molecule has 3 aromatic heterocycles. The Morgan fingerprint density at radius 3 is 2.71 bits per heavy atom. The molecule has 0 aromatic carbocycles.